The van der Waals surface area contributed by atoms with Crippen LogP contribution < -0.4 is 0 Å². The van der Waals surface area contributed by atoms with E-state index in [-0.39, 0.29) is 0 Å². The molecule has 0 aliphatic heterocycles. The van der Waals surface area contributed by atoms with Gasteiger partial charge in [0.2, 0.25) is 0 Å². The number of para-hydroxylation sites is 2. The van der Waals surface area contributed by atoms with Gasteiger partial charge in [0, 0.05) is 48.4 Å². The summed E-state index contributed by atoms with van der Waals surface area (Å²) in [6.45, 7) is 0. The van der Waals surface area contributed by atoms with E-state index in [2.05, 4.69) is 205 Å². The number of rotatable bonds is 5. The van der Waals surface area contributed by atoms with Crippen LogP contribution >= 0.6 is 11.3 Å². The van der Waals surface area contributed by atoms with Gasteiger partial charge < -0.3 is 4.57 Å². The van der Waals surface area contributed by atoms with Gasteiger partial charge in [0.15, 0.2) is 5.82 Å². The van der Waals surface area contributed by atoms with Gasteiger partial charge >= 0.3 is 0 Å². The summed E-state index contributed by atoms with van der Waals surface area (Å²) in [5.41, 5.74) is 12.0. The van der Waals surface area contributed by atoms with E-state index in [1.165, 1.54) is 63.9 Å². The van der Waals surface area contributed by atoms with Crippen molar-refractivity contribution in [2.45, 2.75) is 0 Å². The monoisotopic (exact) mass is 755 g/mol. The Morgan fingerprint density at radius 3 is 1.64 bits per heavy atom. The molecule has 3 heterocycles. The zero-order chi connectivity index (χ0) is 38.2. The minimum absolute atomic E-state index is 0.701. The lowest BCUT2D eigenvalue weighted by molar-refractivity contribution is 1.18. The number of hydrogen-bond acceptors (Lipinski definition) is 3. The molecular formula is C54H33N3S. The summed E-state index contributed by atoms with van der Waals surface area (Å²) >= 11 is 1.89. The number of nitrogens with zero attached hydrogens (tertiary/aromatic N) is 3. The fourth-order valence-electron chi connectivity index (χ4n) is 8.94. The predicted molar refractivity (Wildman–Crippen MR) is 246 cm³/mol. The molecule has 12 rings (SSSR count). The molecule has 0 bridgehead atoms. The molecule has 0 aliphatic rings. The lowest BCUT2D eigenvalue weighted by Gasteiger charge is -2.14. The number of hydrogen-bond donors (Lipinski definition) is 0. The van der Waals surface area contributed by atoms with Crippen molar-refractivity contribution in [3.63, 3.8) is 0 Å². The maximum atomic E-state index is 5.39. The molecule has 3 aromatic heterocycles. The van der Waals surface area contributed by atoms with E-state index in [9.17, 15) is 0 Å². The first-order valence-electron chi connectivity index (χ1n) is 19.7. The summed E-state index contributed by atoms with van der Waals surface area (Å²) in [6.07, 6.45) is 0. The first kappa shape index (κ1) is 32.8. The third-order valence-electron chi connectivity index (χ3n) is 11.6. The highest BCUT2D eigenvalue weighted by molar-refractivity contribution is 7.27. The van der Waals surface area contributed by atoms with Crippen molar-refractivity contribution in [2.24, 2.45) is 0 Å². The molecule has 0 atom stereocenters. The summed E-state index contributed by atoms with van der Waals surface area (Å²) in [7, 11) is 0. The van der Waals surface area contributed by atoms with Gasteiger partial charge in [-0.1, -0.05) is 140 Å². The fourth-order valence-corrected chi connectivity index (χ4v) is 10.2. The normalized spacial score (nSPS) is 11.8. The maximum absolute atomic E-state index is 5.39. The summed E-state index contributed by atoms with van der Waals surface area (Å²) < 4.78 is 5.08. The van der Waals surface area contributed by atoms with E-state index in [4.69, 9.17) is 9.97 Å². The second-order valence-electron chi connectivity index (χ2n) is 14.9. The summed E-state index contributed by atoms with van der Waals surface area (Å²) in [5, 5.41) is 8.79. The lowest BCUT2D eigenvalue weighted by atomic mass is 9.94. The molecule has 0 unspecified atom stereocenters. The van der Waals surface area contributed by atoms with Crippen LogP contribution in [0.1, 0.15) is 0 Å². The smallest absolute Gasteiger partial charge is 0.160 e. The van der Waals surface area contributed by atoms with Crippen LogP contribution in [0.3, 0.4) is 0 Å². The molecule has 12 aromatic rings. The molecule has 3 nitrogen and oxygen atoms in total. The van der Waals surface area contributed by atoms with E-state index >= 15 is 0 Å². The van der Waals surface area contributed by atoms with Crippen LogP contribution in [-0.4, -0.2) is 14.5 Å². The van der Waals surface area contributed by atoms with Crippen molar-refractivity contribution >= 4 is 75.0 Å². The highest BCUT2D eigenvalue weighted by Crippen LogP contribution is 2.48. The molecule has 4 heteroatoms. The van der Waals surface area contributed by atoms with Crippen molar-refractivity contribution < 1.29 is 0 Å². The molecule has 0 amide bonds. The Morgan fingerprint density at radius 2 is 0.931 bits per heavy atom. The van der Waals surface area contributed by atoms with Gasteiger partial charge in [0.1, 0.15) is 0 Å². The Labute approximate surface area is 338 Å². The van der Waals surface area contributed by atoms with Crippen molar-refractivity contribution in [3.8, 4) is 50.6 Å². The van der Waals surface area contributed by atoms with E-state index < -0.39 is 0 Å². The summed E-state index contributed by atoms with van der Waals surface area (Å²) in [4.78, 5) is 10.6. The highest BCUT2D eigenvalue weighted by atomic mass is 32.1. The topological polar surface area (TPSA) is 30.7 Å². The van der Waals surface area contributed by atoms with Gasteiger partial charge in [-0.15, -0.1) is 11.3 Å². The minimum Gasteiger partial charge on any atom is -0.308 e. The summed E-state index contributed by atoms with van der Waals surface area (Å²) in [6, 6.07) is 71.8. The largest absolute Gasteiger partial charge is 0.308 e. The third-order valence-corrected chi connectivity index (χ3v) is 12.7. The third kappa shape index (κ3) is 5.12. The lowest BCUT2D eigenvalue weighted by Crippen LogP contribution is -1.97. The van der Waals surface area contributed by atoms with Crippen molar-refractivity contribution in [2.75, 3.05) is 0 Å². The SMILES string of the molecule is c1ccc(-c2cc(-c3ccccc3)cc(-c3nc(-c4ccc(-n5c6ccccc6c6c7ccccc7c7c8ccccc8sc7c65)cc4)nc4ccccc34)c2)cc1. The molecule has 0 saturated heterocycles. The molecular weight excluding hydrogens is 723 g/mol. The zero-order valence-electron chi connectivity index (χ0n) is 31.3. The maximum Gasteiger partial charge on any atom is 0.160 e. The molecule has 0 N–H and O–H groups in total. The summed E-state index contributed by atoms with van der Waals surface area (Å²) in [5.74, 6) is 0.701. The van der Waals surface area contributed by atoms with Crippen LogP contribution in [0, 0.1) is 0 Å². The van der Waals surface area contributed by atoms with Crippen LogP contribution in [0.4, 0.5) is 0 Å². The Balaban J connectivity index is 1.06. The molecule has 0 radical (unpaired) electrons. The van der Waals surface area contributed by atoms with Gasteiger partial charge in [-0.3, -0.25) is 0 Å². The van der Waals surface area contributed by atoms with Gasteiger partial charge in [-0.2, -0.15) is 0 Å². The zero-order valence-corrected chi connectivity index (χ0v) is 32.1. The molecule has 0 saturated carbocycles. The second kappa shape index (κ2) is 13.1. The number of fused-ring (bicyclic) bond motifs is 11. The Bertz CT molecular complexity index is 3490. The Hall–Kier alpha value is -7.40. The van der Waals surface area contributed by atoms with E-state index in [1.54, 1.807) is 0 Å². The van der Waals surface area contributed by atoms with E-state index in [0.29, 0.717) is 5.82 Å². The fraction of sp³-hybridized carbons (Fsp3) is 0. The molecule has 0 aliphatic carbocycles. The van der Waals surface area contributed by atoms with Crippen LogP contribution in [0.15, 0.2) is 200 Å². The van der Waals surface area contributed by atoms with Gasteiger partial charge in [0.05, 0.1) is 26.9 Å². The standard InChI is InChI=1S/C54H33N3S/c1-3-15-34(16-4-1)37-31-38(35-17-5-2-6-18-35)33-39(32-37)51-43-21-9-12-24-46(43)55-54(56-51)36-27-29-40(30-28-36)57-47-25-13-10-22-44(47)49-41-19-7-8-20-42(41)50-45-23-11-14-26-48(45)58-53(50)52(49)57/h1-33H. The molecule has 58 heavy (non-hydrogen) atoms. The van der Waals surface area contributed by atoms with Crippen LogP contribution in [0.25, 0.3) is 114 Å². The molecule has 0 fully saturated rings. The van der Waals surface area contributed by atoms with Crippen molar-refractivity contribution in [3.05, 3.63) is 200 Å². The van der Waals surface area contributed by atoms with E-state index in [1.807, 2.05) is 11.3 Å². The van der Waals surface area contributed by atoms with E-state index in [0.717, 1.165) is 44.5 Å². The van der Waals surface area contributed by atoms with Gasteiger partial charge in [-0.25, -0.2) is 9.97 Å². The Kier molecular flexibility index (Phi) is 7.40. The van der Waals surface area contributed by atoms with Crippen molar-refractivity contribution in [1.29, 1.82) is 0 Å². The van der Waals surface area contributed by atoms with Crippen LogP contribution in [-0.2, 0) is 0 Å². The number of benzene rings is 9. The number of thiophene rings is 1. The molecule has 0 spiro atoms. The minimum atomic E-state index is 0.701. The average Bonchev–Trinajstić information content (AvgIpc) is 3.86. The second-order valence-corrected chi connectivity index (χ2v) is 16.0. The van der Waals surface area contributed by atoms with Gasteiger partial charge in [-0.05, 0) is 93.7 Å². The molecule has 270 valence electrons. The average molecular weight is 756 g/mol. The molecule has 9 aromatic carbocycles. The first-order valence-corrected chi connectivity index (χ1v) is 20.5. The van der Waals surface area contributed by atoms with Gasteiger partial charge in [0.25, 0.3) is 0 Å². The Morgan fingerprint density at radius 1 is 0.379 bits per heavy atom. The first-order chi connectivity index (χ1) is 28.8. The number of aromatic nitrogens is 3. The quantitative estimate of drug-likeness (QED) is 0.175. The van der Waals surface area contributed by atoms with Crippen LogP contribution in [0.5, 0.6) is 0 Å². The van der Waals surface area contributed by atoms with Crippen LogP contribution in [0.2, 0.25) is 0 Å². The predicted octanol–water partition coefficient (Wildman–Crippen LogP) is 14.9. The van der Waals surface area contributed by atoms with Crippen molar-refractivity contribution in [1.82, 2.24) is 14.5 Å². The highest BCUT2D eigenvalue weighted by Gasteiger charge is 2.22.